The van der Waals surface area contributed by atoms with E-state index in [0.29, 0.717) is 16.7 Å². The van der Waals surface area contributed by atoms with Crippen LogP contribution >= 0.6 is 23.6 Å². The zero-order valence-electron chi connectivity index (χ0n) is 10.2. The molecule has 0 radical (unpaired) electrons. The molecule has 3 aromatic heterocycles. The quantitative estimate of drug-likeness (QED) is 0.738. The van der Waals surface area contributed by atoms with E-state index in [-0.39, 0.29) is 5.56 Å². The normalized spacial score (nSPS) is 11.0. The molecule has 0 amide bonds. The van der Waals surface area contributed by atoms with E-state index >= 15 is 0 Å². The second-order valence-corrected chi connectivity index (χ2v) is 5.59. The van der Waals surface area contributed by atoms with Crippen LogP contribution in [0.15, 0.2) is 34.7 Å². The second kappa shape index (κ2) is 4.71. The van der Waals surface area contributed by atoms with Gasteiger partial charge in [0, 0.05) is 12.4 Å². The number of pyridine rings is 1. The fourth-order valence-corrected chi connectivity index (χ4v) is 3.06. The monoisotopic (exact) mass is 289 g/mol. The summed E-state index contributed by atoms with van der Waals surface area (Å²) in [5, 5.41) is 2.57. The Morgan fingerprint density at radius 2 is 2.32 bits per heavy atom. The van der Waals surface area contributed by atoms with Gasteiger partial charge in [-0.2, -0.15) is 0 Å². The first-order valence-corrected chi connectivity index (χ1v) is 7.05. The SMILES string of the molecule is Cc1cnccc1Cn1c(=S)[nH]c2sccc2c1=O. The highest BCUT2D eigenvalue weighted by atomic mass is 32.1. The van der Waals surface area contributed by atoms with E-state index < -0.39 is 0 Å². The van der Waals surface area contributed by atoms with E-state index in [1.165, 1.54) is 11.3 Å². The van der Waals surface area contributed by atoms with Crippen LogP contribution in [0.2, 0.25) is 0 Å². The zero-order valence-corrected chi connectivity index (χ0v) is 11.8. The Morgan fingerprint density at radius 1 is 1.47 bits per heavy atom. The average Bonchev–Trinajstić information content (AvgIpc) is 2.84. The molecule has 0 saturated heterocycles. The van der Waals surface area contributed by atoms with Gasteiger partial charge in [0.1, 0.15) is 4.83 Å². The standard InChI is InChI=1S/C13H11N3OS2/c1-8-6-14-4-2-9(8)7-16-12(17)10-3-5-19-11(10)15-13(16)18/h2-6H,7H2,1H3,(H,15,18). The number of H-pyrrole nitrogens is 1. The second-order valence-electron chi connectivity index (χ2n) is 4.29. The van der Waals surface area contributed by atoms with E-state index in [4.69, 9.17) is 12.2 Å². The summed E-state index contributed by atoms with van der Waals surface area (Å²) in [4.78, 5) is 20.4. The Kier molecular flexibility index (Phi) is 3.04. The number of aromatic nitrogens is 3. The molecule has 0 unspecified atom stereocenters. The van der Waals surface area contributed by atoms with Crippen molar-refractivity contribution in [1.29, 1.82) is 0 Å². The van der Waals surface area contributed by atoms with Crippen molar-refractivity contribution in [3.05, 3.63) is 56.2 Å². The van der Waals surface area contributed by atoms with Crippen LogP contribution in [0.4, 0.5) is 0 Å². The maximum Gasteiger partial charge on any atom is 0.263 e. The van der Waals surface area contributed by atoms with Gasteiger partial charge in [-0.15, -0.1) is 11.3 Å². The number of aryl methyl sites for hydroxylation is 1. The van der Waals surface area contributed by atoms with E-state index in [2.05, 4.69) is 9.97 Å². The molecule has 96 valence electrons. The van der Waals surface area contributed by atoms with Crippen LogP contribution in [-0.4, -0.2) is 14.5 Å². The van der Waals surface area contributed by atoms with Gasteiger partial charge in [0.05, 0.1) is 11.9 Å². The molecule has 0 aliphatic carbocycles. The molecule has 3 heterocycles. The molecule has 0 aliphatic heterocycles. The largest absolute Gasteiger partial charge is 0.323 e. The van der Waals surface area contributed by atoms with E-state index in [1.54, 1.807) is 17.0 Å². The third kappa shape index (κ3) is 2.13. The molecule has 0 aromatic carbocycles. The number of nitrogens with zero attached hydrogens (tertiary/aromatic N) is 2. The molecule has 6 heteroatoms. The number of fused-ring (bicyclic) bond motifs is 1. The van der Waals surface area contributed by atoms with Crippen molar-refractivity contribution in [2.75, 3.05) is 0 Å². The topological polar surface area (TPSA) is 50.7 Å². The van der Waals surface area contributed by atoms with E-state index in [0.717, 1.165) is 16.0 Å². The van der Waals surface area contributed by atoms with Crippen molar-refractivity contribution in [2.24, 2.45) is 0 Å². The number of aromatic amines is 1. The van der Waals surface area contributed by atoms with E-state index in [9.17, 15) is 4.79 Å². The van der Waals surface area contributed by atoms with Gasteiger partial charge in [0.25, 0.3) is 5.56 Å². The van der Waals surface area contributed by atoms with Gasteiger partial charge in [-0.05, 0) is 47.8 Å². The zero-order chi connectivity index (χ0) is 13.4. The Labute approximate surface area is 118 Å². The lowest BCUT2D eigenvalue weighted by molar-refractivity contribution is 0.730. The van der Waals surface area contributed by atoms with Crippen LogP contribution in [0.25, 0.3) is 10.2 Å². The molecule has 0 bridgehead atoms. The van der Waals surface area contributed by atoms with Gasteiger partial charge in [-0.1, -0.05) is 0 Å². The number of hydrogen-bond donors (Lipinski definition) is 1. The molecule has 3 rings (SSSR count). The molecule has 3 aromatic rings. The predicted molar refractivity (Wildman–Crippen MR) is 79.3 cm³/mol. The highest BCUT2D eigenvalue weighted by molar-refractivity contribution is 7.71. The summed E-state index contributed by atoms with van der Waals surface area (Å²) in [6.45, 7) is 2.44. The van der Waals surface area contributed by atoms with Gasteiger partial charge in [0.2, 0.25) is 0 Å². The van der Waals surface area contributed by atoms with Crippen molar-refractivity contribution < 1.29 is 0 Å². The summed E-state index contributed by atoms with van der Waals surface area (Å²) in [7, 11) is 0. The Morgan fingerprint density at radius 3 is 3.11 bits per heavy atom. The molecule has 0 fully saturated rings. The Hall–Kier alpha value is -1.79. The van der Waals surface area contributed by atoms with Crippen LogP contribution in [0.5, 0.6) is 0 Å². The molecule has 0 aliphatic rings. The van der Waals surface area contributed by atoms with Gasteiger partial charge in [-0.25, -0.2) is 0 Å². The van der Waals surface area contributed by atoms with Crippen molar-refractivity contribution in [3.63, 3.8) is 0 Å². The maximum atomic E-state index is 12.4. The first kappa shape index (κ1) is 12.3. The number of rotatable bonds is 2. The highest BCUT2D eigenvalue weighted by Crippen LogP contribution is 2.15. The van der Waals surface area contributed by atoms with Gasteiger partial charge >= 0.3 is 0 Å². The minimum atomic E-state index is -0.0452. The molecular weight excluding hydrogens is 278 g/mol. The molecular formula is C13H11N3OS2. The smallest absolute Gasteiger partial charge is 0.263 e. The summed E-state index contributed by atoms with van der Waals surface area (Å²) >= 11 is 6.76. The molecule has 19 heavy (non-hydrogen) atoms. The van der Waals surface area contributed by atoms with Gasteiger partial charge in [0.15, 0.2) is 4.77 Å². The lowest BCUT2D eigenvalue weighted by Crippen LogP contribution is -2.22. The lowest BCUT2D eigenvalue weighted by Gasteiger charge is -2.08. The number of nitrogens with one attached hydrogen (secondary N) is 1. The van der Waals surface area contributed by atoms with Crippen LogP contribution in [0, 0.1) is 11.7 Å². The Balaban J connectivity index is 2.18. The lowest BCUT2D eigenvalue weighted by atomic mass is 10.1. The highest BCUT2D eigenvalue weighted by Gasteiger charge is 2.08. The van der Waals surface area contributed by atoms with Crippen molar-refractivity contribution in [2.45, 2.75) is 13.5 Å². The van der Waals surface area contributed by atoms with Crippen molar-refractivity contribution in [3.8, 4) is 0 Å². The first-order chi connectivity index (χ1) is 9.16. The molecule has 1 N–H and O–H groups in total. The third-order valence-electron chi connectivity index (χ3n) is 3.07. The summed E-state index contributed by atoms with van der Waals surface area (Å²) in [6, 6.07) is 3.73. The van der Waals surface area contributed by atoms with Crippen LogP contribution < -0.4 is 5.56 Å². The molecule has 4 nitrogen and oxygen atoms in total. The van der Waals surface area contributed by atoms with Crippen LogP contribution in [0.1, 0.15) is 11.1 Å². The predicted octanol–water partition coefficient (Wildman–Crippen LogP) is 2.87. The summed E-state index contributed by atoms with van der Waals surface area (Å²) in [5.74, 6) is 0. The first-order valence-electron chi connectivity index (χ1n) is 5.76. The maximum absolute atomic E-state index is 12.4. The average molecular weight is 289 g/mol. The van der Waals surface area contributed by atoms with Crippen LogP contribution in [-0.2, 0) is 6.54 Å². The minimum Gasteiger partial charge on any atom is -0.323 e. The van der Waals surface area contributed by atoms with Crippen molar-refractivity contribution in [1.82, 2.24) is 14.5 Å². The fourth-order valence-electron chi connectivity index (χ4n) is 1.97. The molecule has 0 spiro atoms. The molecule has 0 saturated carbocycles. The molecule has 0 atom stereocenters. The number of hydrogen-bond acceptors (Lipinski definition) is 4. The summed E-state index contributed by atoms with van der Waals surface area (Å²) in [5.41, 5.74) is 2.05. The van der Waals surface area contributed by atoms with Gasteiger partial charge in [-0.3, -0.25) is 14.3 Å². The summed E-state index contributed by atoms with van der Waals surface area (Å²) < 4.78 is 2.04. The third-order valence-corrected chi connectivity index (χ3v) is 4.22. The fraction of sp³-hybridized carbons (Fsp3) is 0.154. The van der Waals surface area contributed by atoms with Crippen molar-refractivity contribution >= 4 is 33.8 Å². The minimum absolute atomic E-state index is 0.0452. The number of thiophene rings is 1. The Bertz CT molecular complexity index is 860. The van der Waals surface area contributed by atoms with Crippen LogP contribution in [0.3, 0.4) is 0 Å². The van der Waals surface area contributed by atoms with E-state index in [1.807, 2.05) is 24.4 Å². The summed E-state index contributed by atoms with van der Waals surface area (Å²) in [6.07, 6.45) is 3.51. The van der Waals surface area contributed by atoms with Gasteiger partial charge < -0.3 is 4.98 Å².